The van der Waals surface area contributed by atoms with Crippen molar-refractivity contribution in [3.05, 3.63) is 34.8 Å². The van der Waals surface area contributed by atoms with Gasteiger partial charge >= 0.3 is 0 Å². The minimum Gasteiger partial charge on any atom is -0.264 e. The number of aliphatic imine (C=N–C) groups is 1. The zero-order valence-corrected chi connectivity index (χ0v) is 9.26. The fourth-order valence-electron chi connectivity index (χ4n) is 1.12. The first-order valence-corrected chi connectivity index (χ1v) is 4.92. The van der Waals surface area contributed by atoms with Crippen LogP contribution in [0.1, 0.15) is 18.9 Å². The minimum atomic E-state index is 0.898. The summed E-state index contributed by atoms with van der Waals surface area (Å²) in [6.07, 6.45) is 0.930. The SMILES string of the molecule is C=Nc1ccc(Br)cc1C(=C)CC. The summed E-state index contributed by atoms with van der Waals surface area (Å²) in [5.41, 5.74) is 3.06. The van der Waals surface area contributed by atoms with E-state index in [-0.39, 0.29) is 0 Å². The lowest BCUT2D eigenvalue weighted by Crippen LogP contribution is -1.82. The molecule has 1 nitrogen and oxygen atoms in total. The van der Waals surface area contributed by atoms with Crippen molar-refractivity contribution in [1.29, 1.82) is 0 Å². The first-order valence-electron chi connectivity index (χ1n) is 4.13. The van der Waals surface area contributed by atoms with Crippen LogP contribution in [0.25, 0.3) is 5.57 Å². The summed E-state index contributed by atoms with van der Waals surface area (Å²) < 4.78 is 1.05. The molecule has 0 N–H and O–H groups in total. The van der Waals surface area contributed by atoms with Gasteiger partial charge in [0.1, 0.15) is 0 Å². The van der Waals surface area contributed by atoms with Gasteiger partial charge in [-0.15, -0.1) is 0 Å². The van der Waals surface area contributed by atoms with Gasteiger partial charge in [0, 0.05) is 10.0 Å². The van der Waals surface area contributed by atoms with E-state index < -0.39 is 0 Å². The molecule has 68 valence electrons. The molecule has 2 heteroatoms. The number of halogens is 1. The summed E-state index contributed by atoms with van der Waals surface area (Å²) in [5, 5.41) is 0. The summed E-state index contributed by atoms with van der Waals surface area (Å²) in [6.45, 7) is 9.60. The highest BCUT2D eigenvalue weighted by Gasteiger charge is 2.03. The second kappa shape index (κ2) is 4.38. The third-order valence-electron chi connectivity index (χ3n) is 1.94. The molecule has 0 radical (unpaired) electrons. The molecule has 0 saturated carbocycles. The van der Waals surface area contributed by atoms with Crippen LogP contribution in [-0.2, 0) is 0 Å². The van der Waals surface area contributed by atoms with Gasteiger partial charge in [-0.05, 0) is 36.9 Å². The van der Waals surface area contributed by atoms with Crippen LogP contribution in [0.15, 0.2) is 34.2 Å². The number of hydrogen-bond acceptors (Lipinski definition) is 1. The molecule has 13 heavy (non-hydrogen) atoms. The Morgan fingerprint density at radius 2 is 2.23 bits per heavy atom. The Balaban J connectivity index is 3.23. The summed E-state index contributed by atoms with van der Waals surface area (Å²) in [4.78, 5) is 3.95. The molecule has 1 aromatic carbocycles. The molecule has 0 unspecified atom stereocenters. The number of benzene rings is 1. The second-order valence-electron chi connectivity index (χ2n) is 2.78. The van der Waals surface area contributed by atoms with Crippen molar-refractivity contribution in [1.82, 2.24) is 0 Å². The molecule has 0 spiro atoms. The van der Waals surface area contributed by atoms with E-state index in [1.165, 1.54) is 0 Å². The summed E-state index contributed by atoms with van der Waals surface area (Å²) in [5.74, 6) is 0. The summed E-state index contributed by atoms with van der Waals surface area (Å²) in [6, 6.07) is 5.92. The highest BCUT2D eigenvalue weighted by molar-refractivity contribution is 9.10. The van der Waals surface area contributed by atoms with Crippen molar-refractivity contribution in [3.8, 4) is 0 Å². The molecular formula is C11H12BrN. The zero-order valence-electron chi connectivity index (χ0n) is 7.68. The quantitative estimate of drug-likeness (QED) is 0.699. The normalized spacial score (nSPS) is 9.69. The van der Waals surface area contributed by atoms with Crippen LogP contribution in [0.4, 0.5) is 5.69 Å². The molecule has 1 rings (SSSR count). The lowest BCUT2D eigenvalue weighted by Gasteiger charge is -2.06. The van der Waals surface area contributed by atoms with E-state index in [2.05, 4.69) is 41.1 Å². The van der Waals surface area contributed by atoms with Gasteiger partial charge in [0.25, 0.3) is 0 Å². The maximum Gasteiger partial charge on any atom is 0.0698 e. The van der Waals surface area contributed by atoms with Crippen LogP contribution in [0.5, 0.6) is 0 Å². The van der Waals surface area contributed by atoms with Gasteiger partial charge < -0.3 is 0 Å². The molecule has 0 aliphatic rings. The molecule has 0 aromatic heterocycles. The van der Waals surface area contributed by atoms with Gasteiger partial charge in [-0.25, -0.2) is 0 Å². The Labute approximate surface area is 87.3 Å². The lowest BCUT2D eigenvalue weighted by molar-refractivity contribution is 1.24. The molecule has 0 aliphatic heterocycles. The Morgan fingerprint density at radius 3 is 2.77 bits per heavy atom. The molecule has 1 aromatic rings. The average Bonchev–Trinajstić information content (AvgIpc) is 2.16. The third-order valence-corrected chi connectivity index (χ3v) is 2.43. The van der Waals surface area contributed by atoms with Crippen LogP contribution in [0.2, 0.25) is 0 Å². The molecule has 0 saturated heterocycles. The predicted molar refractivity (Wildman–Crippen MR) is 62.7 cm³/mol. The fraction of sp³-hybridized carbons (Fsp3) is 0.182. The monoisotopic (exact) mass is 237 g/mol. The van der Waals surface area contributed by atoms with E-state index in [1.807, 2.05) is 18.2 Å². The van der Waals surface area contributed by atoms with E-state index in [4.69, 9.17) is 0 Å². The molecule has 0 aliphatic carbocycles. The van der Waals surface area contributed by atoms with Crippen molar-refractivity contribution in [2.75, 3.05) is 0 Å². The summed E-state index contributed by atoms with van der Waals surface area (Å²) in [7, 11) is 0. The first-order chi connectivity index (χ1) is 6.19. The van der Waals surface area contributed by atoms with Crippen LogP contribution < -0.4 is 0 Å². The highest BCUT2D eigenvalue weighted by Crippen LogP contribution is 2.29. The van der Waals surface area contributed by atoms with Crippen molar-refractivity contribution < 1.29 is 0 Å². The smallest absolute Gasteiger partial charge is 0.0698 e. The van der Waals surface area contributed by atoms with Gasteiger partial charge in [-0.1, -0.05) is 29.4 Å². The van der Waals surface area contributed by atoms with Crippen molar-refractivity contribution in [2.24, 2.45) is 4.99 Å². The molecular weight excluding hydrogens is 226 g/mol. The van der Waals surface area contributed by atoms with Crippen LogP contribution >= 0.6 is 15.9 Å². The van der Waals surface area contributed by atoms with Crippen molar-refractivity contribution >= 4 is 33.9 Å². The van der Waals surface area contributed by atoms with E-state index in [0.29, 0.717) is 0 Å². The van der Waals surface area contributed by atoms with E-state index in [0.717, 1.165) is 27.7 Å². The Bertz CT molecular complexity index is 342. The van der Waals surface area contributed by atoms with Gasteiger partial charge in [0.15, 0.2) is 0 Å². The zero-order chi connectivity index (χ0) is 9.84. The van der Waals surface area contributed by atoms with Crippen molar-refractivity contribution in [3.63, 3.8) is 0 Å². The van der Waals surface area contributed by atoms with Gasteiger partial charge in [0.05, 0.1) is 5.69 Å². The minimum absolute atomic E-state index is 0.898. The largest absolute Gasteiger partial charge is 0.264 e. The van der Waals surface area contributed by atoms with Crippen LogP contribution in [-0.4, -0.2) is 6.72 Å². The Hall–Kier alpha value is -0.890. The number of hydrogen-bond donors (Lipinski definition) is 0. The third kappa shape index (κ3) is 2.28. The molecule has 0 heterocycles. The van der Waals surface area contributed by atoms with Crippen LogP contribution in [0.3, 0.4) is 0 Å². The highest BCUT2D eigenvalue weighted by atomic mass is 79.9. The topological polar surface area (TPSA) is 12.4 Å². The maximum atomic E-state index is 3.98. The predicted octanol–water partition coefficient (Wildman–Crippen LogP) is 4.20. The maximum absolute atomic E-state index is 3.98. The van der Waals surface area contributed by atoms with Crippen molar-refractivity contribution in [2.45, 2.75) is 13.3 Å². The second-order valence-corrected chi connectivity index (χ2v) is 3.69. The van der Waals surface area contributed by atoms with Gasteiger partial charge in [0.2, 0.25) is 0 Å². The van der Waals surface area contributed by atoms with E-state index in [9.17, 15) is 0 Å². The molecule has 0 amide bonds. The molecule has 0 atom stereocenters. The van der Waals surface area contributed by atoms with E-state index in [1.54, 1.807) is 0 Å². The first kappa shape index (κ1) is 10.2. The molecule has 0 bridgehead atoms. The van der Waals surface area contributed by atoms with Crippen LogP contribution in [0, 0.1) is 0 Å². The number of nitrogens with zero attached hydrogens (tertiary/aromatic N) is 1. The fourth-order valence-corrected chi connectivity index (χ4v) is 1.48. The standard InChI is InChI=1S/C11H12BrN/c1-4-8(2)10-7-9(12)5-6-11(10)13-3/h5-7H,2-4H2,1H3. The van der Waals surface area contributed by atoms with Gasteiger partial charge in [-0.3, -0.25) is 4.99 Å². The summed E-state index contributed by atoms with van der Waals surface area (Å²) >= 11 is 3.42. The average molecular weight is 238 g/mol. The van der Waals surface area contributed by atoms with Gasteiger partial charge in [-0.2, -0.15) is 0 Å². The molecule has 0 fully saturated rings. The number of allylic oxidation sites excluding steroid dienone is 1. The lowest BCUT2D eigenvalue weighted by atomic mass is 10.0. The van der Waals surface area contributed by atoms with E-state index >= 15 is 0 Å². The Morgan fingerprint density at radius 1 is 1.54 bits per heavy atom. The Kier molecular flexibility index (Phi) is 3.43. The number of rotatable bonds is 3.